The van der Waals surface area contributed by atoms with E-state index in [1.807, 2.05) is 0 Å². The Bertz CT molecular complexity index is 3150. The first kappa shape index (κ1) is 42.1. The minimum atomic E-state index is 0.446. The second-order valence-electron chi connectivity index (χ2n) is 18.0. The number of hydrogen-bond donors (Lipinski definition) is 0. The lowest BCUT2D eigenvalue weighted by molar-refractivity contribution is 0.500. The van der Waals surface area contributed by atoms with Crippen molar-refractivity contribution in [1.29, 1.82) is 0 Å². The number of aromatic nitrogens is 1. The normalized spacial score (nSPS) is 11.7. The molecule has 0 bridgehead atoms. The fraction of sp³-hybridized carbons (Fsp3) is 0.206. The van der Waals surface area contributed by atoms with E-state index < -0.39 is 0 Å². The Morgan fingerprint density at radius 2 is 0.908 bits per heavy atom. The second kappa shape index (κ2) is 19.5. The molecule has 0 radical (unpaired) electrons. The molecular weight excluding hydrogens is 785 g/mol. The average molecular weight is 845 g/mol. The van der Waals surface area contributed by atoms with Crippen LogP contribution in [0.1, 0.15) is 89.5 Å². The Balaban J connectivity index is 1.29. The van der Waals surface area contributed by atoms with E-state index in [0.717, 1.165) is 11.4 Å². The predicted molar refractivity (Wildman–Crippen MR) is 282 cm³/mol. The maximum absolute atomic E-state index is 2.57. The lowest BCUT2D eigenvalue weighted by atomic mass is 9.80. The molecule has 2 nitrogen and oxygen atoms in total. The van der Waals surface area contributed by atoms with Gasteiger partial charge in [0.2, 0.25) is 0 Å². The van der Waals surface area contributed by atoms with Crippen LogP contribution in [0.5, 0.6) is 0 Å². The van der Waals surface area contributed by atoms with Gasteiger partial charge in [-0.15, -0.1) is 0 Å². The molecule has 0 atom stereocenters. The van der Waals surface area contributed by atoms with Crippen LogP contribution in [0.3, 0.4) is 0 Å². The number of fused-ring (bicyclic) bond motifs is 5. The molecule has 2 heteroatoms. The van der Waals surface area contributed by atoms with E-state index in [0.29, 0.717) is 5.92 Å². The molecule has 0 aliphatic carbocycles. The van der Waals surface area contributed by atoms with Crippen LogP contribution >= 0.6 is 0 Å². The monoisotopic (exact) mass is 844 g/mol. The van der Waals surface area contributed by atoms with E-state index in [4.69, 9.17) is 0 Å². The minimum absolute atomic E-state index is 0.446. The van der Waals surface area contributed by atoms with E-state index in [-0.39, 0.29) is 0 Å². The number of para-hydroxylation sites is 3. The highest BCUT2D eigenvalue weighted by atomic mass is 15.1. The van der Waals surface area contributed by atoms with Crippen molar-refractivity contribution in [1.82, 2.24) is 4.57 Å². The van der Waals surface area contributed by atoms with Crippen LogP contribution in [-0.2, 0) is 0 Å². The SMILES string of the molecule is CCCCCCC(CCCCCC)c1c2cc(-c3ccccc3)ccc2c(N(c2ccccc2)c2ccc3c(c2)c2ccccc2n3-c2ccccc2)c2cc(-c3ccccc3)ccc12. The van der Waals surface area contributed by atoms with Crippen molar-refractivity contribution in [2.45, 2.75) is 84.0 Å². The van der Waals surface area contributed by atoms with Gasteiger partial charge in [-0.2, -0.15) is 0 Å². The van der Waals surface area contributed by atoms with Gasteiger partial charge < -0.3 is 9.47 Å². The molecule has 10 rings (SSSR count). The molecule has 1 aromatic heterocycles. The summed E-state index contributed by atoms with van der Waals surface area (Å²) in [5.74, 6) is 0.446. The van der Waals surface area contributed by atoms with Gasteiger partial charge in [0.1, 0.15) is 0 Å². The largest absolute Gasteiger partial charge is 0.309 e. The van der Waals surface area contributed by atoms with Gasteiger partial charge in [-0.05, 0) is 118 Å². The van der Waals surface area contributed by atoms with E-state index in [1.165, 1.54) is 147 Å². The highest BCUT2D eigenvalue weighted by Crippen LogP contribution is 2.51. The third-order valence-electron chi connectivity index (χ3n) is 13.7. The van der Waals surface area contributed by atoms with Crippen molar-refractivity contribution >= 4 is 60.4 Å². The molecule has 0 aliphatic rings. The first-order valence-corrected chi connectivity index (χ1v) is 24.3. The van der Waals surface area contributed by atoms with Gasteiger partial charge in [-0.1, -0.05) is 205 Å². The Morgan fingerprint density at radius 1 is 0.369 bits per heavy atom. The second-order valence-corrected chi connectivity index (χ2v) is 18.0. The van der Waals surface area contributed by atoms with Gasteiger partial charge in [-0.25, -0.2) is 0 Å². The smallest absolute Gasteiger partial charge is 0.0618 e. The fourth-order valence-electron chi connectivity index (χ4n) is 10.5. The van der Waals surface area contributed by atoms with Gasteiger partial charge in [0.15, 0.2) is 0 Å². The topological polar surface area (TPSA) is 8.17 Å². The summed E-state index contributed by atoms with van der Waals surface area (Å²) < 4.78 is 2.42. The highest BCUT2D eigenvalue weighted by molar-refractivity contribution is 6.19. The zero-order valence-corrected chi connectivity index (χ0v) is 38.1. The van der Waals surface area contributed by atoms with Crippen LogP contribution in [0.25, 0.3) is 71.3 Å². The number of rotatable bonds is 17. The third-order valence-corrected chi connectivity index (χ3v) is 13.7. The number of nitrogens with zero attached hydrogens (tertiary/aromatic N) is 2. The maximum Gasteiger partial charge on any atom is 0.0618 e. The summed E-state index contributed by atoms with van der Waals surface area (Å²) in [6.07, 6.45) is 12.6. The fourth-order valence-corrected chi connectivity index (χ4v) is 10.5. The van der Waals surface area contributed by atoms with Crippen molar-refractivity contribution in [2.75, 3.05) is 4.90 Å². The maximum atomic E-state index is 2.57. The molecule has 1 heterocycles. The summed E-state index contributed by atoms with van der Waals surface area (Å²) in [5, 5.41) is 7.82. The summed E-state index contributed by atoms with van der Waals surface area (Å²) >= 11 is 0. The molecule has 9 aromatic carbocycles. The average Bonchev–Trinajstić information content (AvgIpc) is 3.70. The highest BCUT2D eigenvalue weighted by Gasteiger charge is 2.27. The van der Waals surface area contributed by atoms with Gasteiger partial charge in [-0.3, -0.25) is 0 Å². The van der Waals surface area contributed by atoms with Crippen molar-refractivity contribution in [3.05, 3.63) is 206 Å². The molecule has 10 aromatic rings. The van der Waals surface area contributed by atoms with E-state index in [9.17, 15) is 0 Å². The number of unbranched alkanes of at least 4 members (excludes halogenated alkanes) is 6. The molecule has 322 valence electrons. The molecular formula is C63H60N2. The molecule has 0 spiro atoms. The third kappa shape index (κ3) is 8.47. The summed E-state index contributed by atoms with van der Waals surface area (Å²) in [6.45, 7) is 4.66. The summed E-state index contributed by atoms with van der Waals surface area (Å²) in [5.41, 5.74) is 13.6. The quantitative estimate of drug-likeness (QED) is 0.0655. The number of hydrogen-bond acceptors (Lipinski definition) is 1. The van der Waals surface area contributed by atoms with Crippen molar-refractivity contribution in [3.63, 3.8) is 0 Å². The zero-order valence-electron chi connectivity index (χ0n) is 38.1. The number of benzene rings is 9. The van der Waals surface area contributed by atoms with E-state index >= 15 is 0 Å². The Morgan fingerprint density at radius 3 is 1.54 bits per heavy atom. The van der Waals surface area contributed by atoms with Crippen molar-refractivity contribution in [3.8, 4) is 27.9 Å². The zero-order chi connectivity index (χ0) is 44.0. The van der Waals surface area contributed by atoms with Crippen LogP contribution in [0.2, 0.25) is 0 Å². The number of anilines is 3. The summed E-state index contributed by atoms with van der Waals surface area (Å²) in [7, 11) is 0. The van der Waals surface area contributed by atoms with Gasteiger partial charge >= 0.3 is 0 Å². The molecule has 0 saturated carbocycles. The van der Waals surface area contributed by atoms with Gasteiger partial charge in [0, 0.05) is 38.6 Å². The molecule has 0 fully saturated rings. The Labute approximate surface area is 385 Å². The minimum Gasteiger partial charge on any atom is -0.309 e. The standard InChI is InChI=1S/C63H60N2/c1-3-5-7-13-29-48(30-14-8-6-4-2)62-55-40-37-50(47-27-17-10-18-28-47)44-59(55)63(56-41-38-49(43-58(56)62)46-25-15-9-16-26-46)64(51-31-19-11-20-32-51)53-39-42-61-57(45-53)54-35-23-24-36-60(54)65(61)52-33-21-12-22-34-52/h9-12,15-28,31-45,48H,3-8,13-14,29-30H2,1-2H3. The van der Waals surface area contributed by atoms with Gasteiger partial charge in [0.05, 0.1) is 16.7 Å². The molecule has 0 N–H and O–H groups in total. The Kier molecular flexibility index (Phi) is 12.6. The molecule has 0 aliphatic heterocycles. The van der Waals surface area contributed by atoms with Crippen LogP contribution in [-0.4, -0.2) is 4.57 Å². The molecule has 0 unspecified atom stereocenters. The molecule has 65 heavy (non-hydrogen) atoms. The van der Waals surface area contributed by atoms with Crippen LogP contribution < -0.4 is 4.90 Å². The molecule has 0 amide bonds. The predicted octanol–water partition coefficient (Wildman–Crippen LogP) is 18.9. The van der Waals surface area contributed by atoms with E-state index in [1.54, 1.807) is 0 Å². The van der Waals surface area contributed by atoms with Crippen LogP contribution in [0.15, 0.2) is 200 Å². The van der Waals surface area contributed by atoms with Gasteiger partial charge in [0.25, 0.3) is 0 Å². The van der Waals surface area contributed by atoms with Crippen LogP contribution in [0, 0.1) is 0 Å². The molecule has 0 saturated heterocycles. The lowest BCUT2D eigenvalue weighted by Gasteiger charge is -2.31. The van der Waals surface area contributed by atoms with Crippen molar-refractivity contribution in [2.24, 2.45) is 0 Å². The van der Waals surface area contributed by atoms with Crippen molar-refractivity contribution < 1.29 is 0 Å². The Hall–Kier alpha value is -6.90. The summed E-state index contributed by atoms with van der Waals surface area (Å²) in [6, 6.07) is 74.6. The lowest BCUT2D eigenvalue weighted by Crippen LogP contribution is -2.13. The summed E-state index contributed by atoms with van der Waals surface area (Å²) in [4.78, 5) is 2.57. The van der Waals surface area contributed by atoms with Crippen LogP contribution in [0.4, 0.5) is 17.1 Å². The van der Waals surface area contributed by atoms with E-state index in [2.05, 4.69) is 224 Å². The first-order valence-electron chi connectivity index (χ1n) is 24.3. The first-order chi connectivity index (χ1) is 32.2.